The molecule has 1 aliphatic heterocycles. The van der Waals surface area contributed by atoms with E-state index in [1.54, 1.807) is 18.7 Å². The molecule has 0 aliphatic carbocycles. The maximum Gasteiger partial charge on any atom is 0.232 e. The maximum absolute atomic E-state index is 12.4. The number of amides is 1. The molecule has 1 atom stereocenters. The largest absolute Gasteiger partial charge is 0.387 e. The number of thioether (sulfide) groups is 1. The van der Waals surface area contributed by atoms with Gasteiger partial charge in [-0.1, -0.05) is 29.8 Å². The molecule has 24 heavy (non-hydrogen) atoms. The van der Waals surface area contributed by atoms with E-state index in [2.05, 4.69) is 5.10 Å². The molecule has 2 heterocycles. The number of aromatic nitrogens is 2. The molecule has 7 heteroatoms. The minimum Gasteiger partial charge on any atom is -0.387 e. The van der Waals surface area contributed by atoms with E-state index in [0.717, 1.165) is 22.0 Å². The fourth-order valence-corrected chi connectivity index (χ4v) is 3.87. The van der Waals surface area contributed by atoms with Gasteiger partial charge in [0.1, 0.15) is 0 Å². The molecular formula is C17H20ClN3O2S. The third-order valence-corrected chi connectivity index (χ3v) is 5.37. The van der Waals surface area contributed by atoms with Crippen LogP contribution in [0.5, 0.6) is 0 Å². The predicted molar refractivity (Wildman–Crippen MR) is 95.9 cm³/mol. The number of aliphatic hydroxyl groups excluding tert-OH is 1. The quantitative estimate of drug-likeness (QED) is 0.885. The van der Waals surface area contributed by atoms with E-state index in [9.17, 15) is 9.90 Å². The average Bonchev–Trinajstić information content (AvgIpc) is 3.00. The number of benzene rings is 1. The molecule has 0 saturated heterocycles. The Morgan fingerprint density at radius 1 is 1.42 bits per heavy atom. The van der Waals surface area contributed by atoms with Crippen LogP contribution in [-0.2, 0) is 23.6 Å². The van der Waals surface area contributed by atoms with Gasteiger partial charge in [-0.05, 0) is 24.6 Å². The monoisotopic (exact) mass is 365 g/mol. The standard InChI is InChI=1S/C17H20ClN3O2S/c1-12(22)16-8-14-9-20(6-7-21(14)19-16)17(23)11-24-10-13-4-2-3-5-15(13)18/h2-5,8,12,22H,6-7,9-11H2,1H3/t12-/m0/s1. The summed E-state index contributed by atoms with van der Waals surface area (Å²) in [6.07, 6.45) is -0.585. The molecule has 3 rings (SSSR count). The van der Waals surface area contributed by atoms with Gasteiger partial charge >= 0.3 is 0 Å². The van der Waals surface area contributed by atoms with Crippen LogP contribution < -0.4 is 0 Å². The zero-order valence-corrected chi connectivity index (χ0v) is 15.1. The van der Waals surface area contributed by atoms with E-state index >= 15 is 0 Å². The van der Waals surface area contributed by atoms with Gasteiger partial charge in [0, 0.05) is 17.3 Å². The predicted octanol–water partition coefficient (Wildman–Crippen LogP) is 2.87. The third kappa shape index (κ3) is 3.94. The van der Waals surface area contributed by atoms with Crippen LogP contribution in [0.4, 0.5) is 0 Å². The van der Waals surface area contributed by atoms with Crippen LogP contribution in [-0.4, -0.2) is 38.0 Å². The minimum absolute atomic E-state index is 0.123. The summed E-state index contributed by atoms with van der Waals surface area (Å²) in [6, 6.07) is 9.58. The van der Waals surface area contributed by atoms with Gasteiger partial charge in [-0.15, -0.1) is 11.8 Å². The smallest absolute Gasteiger partial charge is 0.232 e. The van der Waals surface area contributed by atoms with Crippen molar-refractivity contribution in [3.63, 3.8) is 0 Å². The van der Waals surface area contributed by atoms with Crippen molar-refractivity contribution in [2.75, 3.05) is 12.3 Å². The van der Waals surface area contributed by atoms with Gasteiger partial charge in [-0.25, -0.2) is 0 Å². The average molecular weight is 366 g/mol. The molecule has 128 valence electrons. The Morgan fingerprint density at radius 3 is 2.96 bits per heavy atom. The summed E-state index contributed by atoms with van der Waals surface area (Å²) in [4.78, 5) is 14.3. The number of fused-ring (bicyclic) bond motifs is 1. The number of hydrogen-bond donors (Lipinski definition) is 1. The van der Waals surface area contributed by atoms with Crippen molar-refractivity contribution < 1.29 is 9.90 Å². The lowest BCUT2D eigenvalue weighted by atomic mass is 10.2. The number of rotatable bonds is 5. The number of hydrogen-bond acceptors (Lipinski definition) is 4. The number of carbonyl (C=O) groups excluding carboxylic acids is 1. The second kappa shape index (κ2) is 7.59. The zero-order chi connectivity index (χ0) is 17.1. The molecular weight excluding hydrogens is 346 g/mol. The van der Waals surface area contributed by atoms with Crippen LogP contribution in [0.2, 0.25) is 5.02 Å². The first-order valence-electron chi connectivity index (χ1n) is 7.88. The van der Waals surface area contributed by atoms with Crippen LogP contribution in [0.25, 0.3) is 0 Å². The summed E-state index contributed by atoms with van der Waals surface area (Å²) in [5.74, 6) is 1.28. The molecule has 2 aromatic rings. The van der Waals surface area contributed by atoms with E-state index < -0.39 is 6.10 Å². The van der Waals surface area contributed by atoms with E-state index in [1.807, 2.05) is 39.9 Å². The number of aliphatic hydroxyl groups is 1. The Balaban J connectivity index is 1.53. The number of carbonyl (C=O) groups is 1. The normalized spacial score (nSPS) is 15.2. The van der Waals surface area contributed by atoms with Crippen molar-refractivity contribution in [1.82, 2.24) is 14.7 Å². The second-order valence-corrected chi connectivity index (χ2v) is 7.25. The van der Waals surface area contributed by atoms with E-state index in [0.29, 0.717) is 31.1 Å². The van der Waals surface area contributed by atoms with Gasteiger partial charge in [0.05, 0.1) is 36.3 Å². The van der Waals surface area contributed by atoms with Crippen LogP contribution in [0.1, 0.15) is 30.0 Å². The summed E-state index contributed by atoms with van der Waals surface area (Å²) in [5, 5.41) is 14.7. The molecule has 0 bridgehead atoms. The fourth-order valence-electron chi connectivity index (χ4n) is 2.66. The first-order valence-corrected chi connectivity index (χ1v) is 9.41. The SMILES string of the molecule is C[C@H](O)c1cc2n(n1)CCN(C(=O)CSCc1ccccc1Cl)C2. The van der Waals surface area contributed by atoms with Gasteiger partial charge in [-0.2, -0.15) is 5.10 Å². The first-order chi connectivity index (χ1) is 11.5. The number of halogens is 1. The van der Waals surface area contributed by atoms with Gasteiger partial charge < -0.3 is 10.0 Å². The van der Waals surface area contributed by atoms with E-state index in [4.69, 9.17) is 11.6 Å². The minimum atomic E-state index is -0.585. The maximum atomic E-state index is 12.4. The lowest BCUT2D eigenvalue weighted by Crippen LogP contribution is -2.39. The highest BCUT2D eigenvalue weighted by molar-refractivity contribution is 7.99. The summed E-state index contributed by atoms with van der Waals surface area (Å²) in [6.45, 7) is 3.57. The van der Waals surface area contributed by atoms with Crippen molar-refractivity contribution >= 4 is 29.3 Å². The molecule has 1 amide bonds. The Morgan fingerprint density at radius 2 is 2.21 bits per heavy atom. The van der Waals surface area contributed by atoms with E-state index in [1.165, 1.54) is 0 Å². The van der Waals surface area contributed by atoms with Crippen molar-refractivity contribution in [3.8, 4) is 0 Å². The zero-order valence-electron chi connectivity index (χ0n) is 13.5. The van der Waals surface area contributed by atoms with Crippen LogP contribution in [0, 0.1) is 0 Å². The van der Waals surface area contributed by atoms with Gasteiger partial charge in [0.25, 0.3) is 0 Å². The third-order valence-electron chi connectivity index (χ3n) is 4.04. The lowest BCUT2D eigenvalue weighted by Gasteiger charge is -2.27. The molecule has 0 fully saturated rings. The molecule has 0 saturated carbocycles. The van der Waals surface area contributed by atoms with Crippen LogP contribution in [0.15, 0.2) is 30.3 Å². The molecule has 1 N–H and O–H groups in total. The Bertz CT molecular complexity index is 732. The Hall–Kier alpha value is -1.50. The topological polar surface area (TPSA) is 58.4 Å². The lowest BCUT2D eigenvalue weighted by molar-refractivity contribution is -0.129. The van der Waals surface area contributed by atoms with Crippen molar-refractivity contribution in [3.05, 3.63) is 52.3 Å². The number of nitrogens with zero attached hydrogens (tertiary/aromatic N) is 3. The second-order valence-electron chi connectivity index (χ2n) is 5.86. The van der Waals surface area contributed by atoms with Gasteiger partial charge in [-0.3, -0.25) is 9.48 Å². The highest BCUT2D eigenvalue weighted by atomic mass is 35.5. The Labute approximate surface area is 150 Å². The first kappa shape index (κ1) is 17.3. The highest BCUT2D eigenvalue weighted by Gasteiger charge is 2.23. The summed E-state index contributed by atoms with van der Waals surface area (Å²) >= 11 is 7.71. The molecule has 1 aromatic carbocycles. The molecule has 1 aromatic heterocycles. The molecule has 0 spiro atoms. The highest BCUT2D eigenvalue weighted by Crippen LogP contribution is 2.22. The van der Waals surface area contributed by atoms with Crippen molar-refractivity contribution in [2.45, 2.75) is 31.9 Å². The van der Waals surface area contributed by atoms with Crippen LogP contribution in [0.3, 0.4) is 0 Å². The summed E-state index contributed by atoms with van der Waals surface area (Å²) < 4.78 is 1.88. The van der Waals surface area contributed by atoms with Gasteiger partial charge in [0.2, 0.25) is 5.91 Å². The fraction of sp³-hybridized carbons (Fsp3) is 0.412. The van der Waals surface area contributed by atoms with Crippen LogP contribution >= 0.6 is 23.4 Å². The van der Waals surface area contributed by atoms with Crippen molar-refractivity contribution in [2.24, 2.45) is 0 Å². The summed E-state index contributed by atoms with van der Waals surface area (Å²) in [5.41, 5.74) is 2.68. The van der Waals surface area contributed by atoms with Crippen molar-refractivity contribution in [1.29, 1.82) is 0 Å². The molecule has 1 aliphatic rings. The molecule has 5 nitrogen and oxygen atoms in total. The van der Waals surface area contributed by atoms with E-state index in [-0.39, 0.29) is 5.91 Å². The molecule has 0 unspecified atom stereocenters. The molecule has 0 radical (unpaired) electrons. The Kier molecular flexibility index (Phi) is 5.48. The van der Waals surface area contributed by atoms with Gasteiger partial charge in [0.15, 0.2) is 0 Å². The summed E-state index contributed by atoms with van der Waals surface area (Å²) in [7, 11) is 0.